The van der Waals surface area contributed by atoms with Crippen molar-refractivity contribution in [3.05, 3.63) is 175 Å². The second-order valence-electron chi connectivity index (χ2n) is 12.3. The van der Waals surface area contributed by atoms with E-state index in [2.05, 4.69) is 162 Å². The van der Waals surface area contributed by atoms with Crippen LogP contribution in [-0.4, -0.2) is 19.8 Å². The van der Waals surface area contributed by atoms with E-state index in [1.54, 1.807) is 0 Å². The molecule has 0 N–H and O–H groups in total. The van der Waals surface area contributed by atoms with E-state index in [0.29, 0.717) is 6.42 Å². The van der Waals surface area contributed by atoms with Crippen molar-refractivity contribution in [2.45, 2.75) is 13.3 Å². The Morgan fingerprint density at radius 1 is 0.625 bits per heavy atom. The molecule has 0 unspecified atom stereocenters. The van der Waals surface area contributed by atoms with Crippen molar-refractivity contribution in [2.24, 2.45) is 4.99 Å². The van der Waals surface area contributed by atoms with Gasteiger partial charge in [0.2, 0.25) is 0 Å². The van der Waals surface area contributed by atoms with Gasteiger partial charge in [-0.2, -0.15) is 0 Å². The van der Waals surface area contributed by atoms with Crippen LogP contribution in [-0.2, 0) is 6.42 Å². The smallest absolute Gasteiger partial charge is 0.137 e. The minimum Gasteiger partial charge on any atom is -0.310 e. The molecule has 0 aliphatic rings. The molecular weight excluding hydrogens is 585 g/mol. The molecule has 228 valence electrons. The first-order chi connectivity index (χ1) is 23.8. The van der Waals surface area contributed by atoms with Crippen LogP contribution in [0.4, 0.5) is 0 Å². The fourth-order valence-electron chi connectivity index (χ4n) is 7.27. The first-order valence-corrected chi connectivity index (χ1v) is 16.4. The molecule has 0 bridgehead atoms. The first-order valence-electron chi connectivity index (χ1n) is 16.4. The van der Waals surface area contributed by atoms with E-state index in [-0.39, 0.29) is 0 Å². The van der Waals surface area contributed by atoms with E-state index in [1.165, 1.54) is 48.8 Å². The molecule has 3 aromatic heterocycles. The quantitative estimate of drug-likeness (QED) is 0.171. The number of nitrogens with zero attached hydrogens (tertiary/aromatic N) is 4. The van der Waals surface area contributed by atoms with Gasteiger partial charge in [0.1, 0.15) is 5.82 Å². The standard InChI is InChI=1S/C44H32N4/c1-30(32-16-6-3-7-17-32)46-29-34(28-31-14-4-2-5-15-31)48-39-24-23-33-18-8-9-19-35(33)41(39)42-43-38(36-20-10-11-21-37(36)44(42)48)25-27-47(43)40-22-12-13-26-45-40/h2-27,29H,28H2,1H3/b34-29+,46-30?. The lowest BCUT2D eigenvalue weighted by atomic mass is 9.98. The van der Waals surface area contributed by atoms with Crippen LogP contribution >= 0.6 is 0 Å². The van der Waals surface area contributed by atoms with Crippen molar-refractivity contribution in [2.75, 3.05) is 0 Å². The Kier molecular flexibility index (Phi) is 6.72. The number of allylic oxidation sites excluding steroid dienone is 1. The van der Waals surface area contributed by atoms with Crippen molar-refractivity contribution < 1.29 is 0 Å². The largest absolute Gasteiger partial charge is 0.310 e. The normalized spacial score (nSPS) is 12.6. The molecule has 0 fully saturated rings. The molecule has 0 spiro atoms. The van der Waals surface area contributed by atoms with Gasteiger partial charge in [-0.3, -0.25) is 4.99 Å². The maximum absolute atomic E-state index is 5.14. The Morgan fingerprint density at radius 2 is 1.31 bits per heavy atom. The second kappa shape index (κ2) is 11.5. The van der Waals surface area contributed by atoms with Crippen LogP contribution in [0.5, 0.6) is 0 Å². The van der Waals surface area contributed by atoms with E-state index < -0.39 is 0 Å². The summed E-state index contributed by atoms with van der Waals surface area (Å²) < 4.78 is 4.73. The highest BCUT2D eigenvalue weighted by molar-refractivity contribution is 6.35. The van der Waals surface area contributed by atoms with Crippen molar-refractivity contribution in [3.8, 4) is 5.82 Å². The molecule has 0 saturated carbocycles. The molecule has 4 nitrogen and oxygen atoms in total. The summed E-state index contributed by atoms with van der Waals surface area (Å²) in [6, 6.07) is 51.6. The fraction of sp³-hybridized carbons (Fsp3) is 0.0455. The number of hydrogen-bond acceptors (Lipinski definition) is 2. The molecule has 0 atom stereocenters. The lowest BCUT2D eigenvalue weighted by Crippen LogP contribution is -2.02. The highest BCUT2D eigenvalue weighted by Crippen LogP contribution is 2.45. The van der Waals surface area contributed by atoms with Gasteiger partial charge >= 0.3 is 0 Å². The fourth-order valence-corrected chi connectivity index (χ4v) is 7.27. The molecule has 0 aliphatic heterocycles. The molecule has 0 amide bonds. The summed E-state index contributed by atoms with van der Waals surface area (Å²) in [5.74, 6) is 0.897. The van der Waals surface area contributed by atoms with Gasteiger partial charge in [0.15, 0.2) is 0 Å². The van der Waals surface area contributed by atoms with Crippen LogP contribution in [0, 0.1) is 0 Å². The van der Waals surface area contributed by atoms with Gasteiger partial charge < -0.3 is 9.13 Å². The van der Waals surface area contributed by atoms with Crippen LogP contribution in [0.3, 0.4) is 0 Å². The summed E-state index contributed by atoms with van der Waals surface area (Å²) in [5, 5.41) is 8.53. The highest BCUT2D eigenvalue weighted by Gasteiger charge is 2.24. The van der Waals surface area contributed by atoms with Gasteiger partial charge in [0.25, 0.3) is 0 Å². The molecule has 6 aromatic carbocycles. The van der Waals surface area contributed by atoms with Gasteiger partial charge in [-0.1, -0.05) is 121 Å². The summed E-state index contributed by atoms with van der Waals surface area (Å²) in [7, 11) is 0. The van der Waals surface area contributed by atoms with Crippen LogP contribution in [0.2, 0.25) is 0 Å². The Labute approximate surface area is 278 Å². The van der Waals surface area contributed by atoms with Crippen molar-refractivity contribution >= 4 is 65.7 Å². The molecule has 48 heavy (non-hydrogen) atoms. The highest BCUT2D eigenvalue weighted by atomic mass is 15.1. The van der Waals surface area contributed by atoms with Gasteiger partial charge in [0.05, 0.1) is 16.6 Å². The molecule has 9 rings (SSSR count). The van der Waals surface area contributed by atoms with Crippen molar-refractivity contribution in [3.63, 3.8) is 0 Å². The maximum Gasteiger partial charge on any atom is 0.137 e. The lowest BCUT2D eigenvalue weighted by molar-refractivity contribution is 1.05. The Hall–Kier alpha value is -6.26. The topological polar surface area (TPSA) is 35.1 Å². The second-order valence-corrected chi connectivity index (χ2v) is 12.3. The average Bonchev–Trinajstić information content (AvgIpc) is 3.75. The number of pyridine rings is 1. The zero-order valence-corrected chi connectivity index (χ0v) is 26.6. The first kappa shape index (κ1) is 28.0. The van der Waals surface area contributed by atoms with Crippen molar-refractivity contribution in [1.29, 1.82) is 0 Å². The van der Waals surface area contributed by atoms with Crippen LogP contribution in [0.25, 0.3) is 65.8 Å². The molecule has 3 heterocycles. The Morgan fingerprint density at radius 3 is 2.10 bits per heavy atom. The maximum atomic E-state index is 5.14. The minimum atomic E-state index is 0.714. The van der Waals surface area contributed by atoms with E-state index in [9.17, 15) is 0 Å². The molecule has 0 saturated heterocycles. The number of hydrogen-bond donors (Lipinski definition) is 0. The minimum absolute atomic E-state index is 0.714. The number of rotatable bonds is 6. The van der Waals surface area contributed by atoms with Gasteiger partial charge in [0, 0.05) is 58.0 Å². The van der Waals surface area contributed by atoms with Gasteiger partial charge in [-0.05, 0) is 58.5 Å². The predicted octanol–water partition coefficient (Wildman–Crippen LogP) is 11.0. The third-order valence-electron chi connectivity index (χ3n) is 9.46. The van der Waals surface area contributed by atoms with Gasteiger partial charge in [-0.15, -0.1) is 0 Å². The number of benzene rings is 6. The Balaban J connectivity index is 1.48. The summed E-state index contributed by atoms with van der Waals surface area (Å²) in [6.07, 6.45) is 6.83. The summed E-state index contributed by atoms with van der Waals surface area (Å²) in [5.41, 5.74) is 7.91. The van der Waals surface area contributed by atoms with E-state index in [4.69, 9.17) is 9.98 Å². The average molecular weight is 617 g/mol. The summed E-state index contributed by atoms with van der Waals surface area (Å²) in [4.78, 5) is 9.94. The SMILES string of the molecule is CC(=N/C=C(\Cc1ccccc1)n1c2ccc3ccccc3c2c2c3c(ccn3-c3ccccn3)c3ccccc3c21)c1ccccc1. The molecule has 9 aromatic rings. The van der Waals surface area contributed by atoms with Gasteiger partial charge in [-0.25, -0.2) is 4.98 Å². The number of aromatic nitrogens is 3. The van der Waals surface area contributed by atoms with E-state index in [0.717, 1.165) is 33.8 Å². The number of fused-ring (bicyclic) bond motifs is 10. The van der Waals surface area contributed by atoms with Crippen LogP contribution in [0.15, 0.2) is 169 Å². The predicted molar refractivity (Wildman–Crippen MR) is 202 cm³/mol. The van der Waals surface area contributed by atoms with E-state index in [1.807, 2.05) is 18.3 Å². The summed E-state index contributed by atoms with van der Waals surface area (Å²) >= 11 is 0. The molecule has 0 aliphatic carbocycles. The monoisotopic (exact) mass is 616 g/mol. The third-order valence-corrected chi connectivity index (χ3v) is 9.46. The van der Waals surface area contributed by atoms with Crippen molar-refractivity contribution in [1.82, 2.24) is 14.1 Å². The van der Waals surface area contributed by atoms with E-state index >= 15 is 0 Å². The number of aliphatic imine (C=N–C) groups is 1. The Bertz CT molecular complexity index is 2680. The molecule has 4 heteroatoms. The lowest BCUT2D eigenvalue weighted by Gasteiger charge is -2.15. The zero-order valence-electron chi connectivity index (χ0n) is 26.6. The van der Waals surface area contributed by atoms with Crippen LogP contribution < -0.4 is 0 Å². The third kappa shape index (κ3) is 4.53. The zero-order chi connectivity index (χ0) is 32.0. The molecular formula is C44H32N4. The summed E-state index contributed by atoms with van der Waals surface area (Å²) in [6.45, 7) is 2.09. The van der Waals surface area contributed by atoms with Crippen LogP contribution in [0.1, 0.15) is 18.1 Å². The molecule has 0 radical (unpaired) electrons.